The molecule has 6 fully saturated rings. The van der Waals surface area contributed by atoms with Crippen LogP contribution in [0.2, 0.25) is 0 Å². The second-order valence-corrected chi connectivity index (χ2v) is 17.8. The van der Waals surface area contributed by atoms with Crippen LogP contribution in [0.4, 0.5) is 0 Å². The van der Waals surface area contributed by atoms with E-state index in [1.54, 1.807) is 146 Å². The first-order chi connectivity index (χ1) is 36.8. The third-order valence-electron chi connectivity index (χ3n) is 11.4. The van der Waals surface area contributed by atoms with Crippen molar-refractivity contribution in [2.45, 2.75) is 36.6 Å². The van der Waals surface area contributed by atoms with Crippen molar-refractivity contribution in [2.75, 3.05) is 79.3 Å². The fraction of sp³-hybridized carbons (Fsp3) is 0.316. The van der Waals surface area contributed by atoms with Gasteiger partial charge >= 0.3 is 17.9 Å². The summed E-state index contributed by atoms with van der Waals surface area (Å²) >= 11 is 0. The lowest BCUT2D eigenvalue weighted by molar-refractivity contribution is 0.0725. The van der Waals surface area contributed by atoms with Crippen molar-refractivity contribution >= 4 is 17.9 Å². The molecule has 0 aromatic heterocycles. The van der Waals surface area contributed by atoms with E-state index in [0.717, 1.165) is 56.9 Å². The standard InChI is InChI=1S/3C19H18O6/c3*20-19(13-1-3-14(4-2-13)21-9-17-11-23-17)25-16-7-5-15(6-8-16)22-10-18-12-24-18/h3*1-8,17-18H,9-12H2. The summed E-state index contributed by atoms with van der Waals surface area (Å²) in [4.78, 5) is 36.5. The van der Waals surface area contributed by atoms with E-state index in [0.29, 0.717) is 90.8 Å². The molecule has 6 aliphatic heterocycles. The van der Waals surface area contributed by atoms with E-state index in [2.05, 4.69) is 0 Å². The van der Waals surface area contributed by atoms with Crippen LogP contribution in [0.25, 0.3) is 0 Å². The zero-order valence-electron chi connectivity index (χ0n) is 40.7. The number of ether oxygens (including phenoxy) is 15. The van der Waals surface area contributed by atoms with Crippen LogP contribution in [0, 0.1) is 0 Å². The van der Waals surface area contributed by atoms with E-state index in [9.17, 15) is 14.4 Å². The maximum absolute atomic E-state index is 12.2. The summed E-state index contributed by atoms with van der Waals surface area (Å²) in [7, 11) is 0. The van der Waals surface area contributed by atoms with Crippen LogP contribution >= 0.6 is 0 Å². The highest BCUT2D eigenvalue weighted by Crippen LogP contribution is 2.25. The van der Waals surface area contributed by atoms with Gasteiger partial charge in [-0.1, -0.05) is 0 Å². The third kappa shape index (κ3) is 17.7. The van der Waals surface area contributed by atoms with Gasteiger partial charge in [-0.25, -0.2) is 14.4 Å². The van der Waals surface area contributed by atoms with E-state index < -0.39 is 17.9 Å². The maximum Gasteiger partial charge on any atom is 0.343 e. The van der Waals surface area contributed by atoms with Gasteiger partial charge in [-0.15, -0.1) is 0 Å². The number of esters is 3. The molecule has 0 aliphatic carbocycles. The SMILES string of the molecule is O=C(Oc1ccc(OCC2CO2)cc1)c1ccc(OCC2CO2)cc1.O=C(Oc1ccc(OCC2CO2)cc1)c1ccc(OCC2CO2)cc1.O=C(Oc1ccc(OCC2CO2)cc1)c1ccc(OCC2CO2)cc1. The van der Waals surface area contributed by atoms with Crippen molar-refractivity contribution < 1.29 is 85.4 Å². The van der Waals surface area contributed by atoms with Crippen molar-refractivity contribution in [2.24, 2.45) is 0 Å². The van der Waals surface area contributed by atoms with Crippen molar-refractivity contribution in [1.82, 2.24) is 0 Å². The molecule has 6 aromatic rings. The smallest absolute Gasteiger partial charge is 0.343 e. The Morgan fingerprint density at radius 1 is 0.267 bits per heavy atom. The molecule has 0 N–H and O–H groups in total. The molecule has 75 heavy (non-hydrogen) atoms. The van der Waals surface area contributed by atoms with Crippen molar-refractivity contribution in [3.05, 3.63) is 162 Å². The lowest BCUT2D eigenvalue weighted by atomic mass is 10.2. The molecule has 6 atom stereocenters. The molecule has 390 valence electrons. The lowest BCUT2D eigenvalue weighted by Gasteiger charge is -2.08. The number of epoxide rings is 6. The second kappa shape index (κ2) is 25.0. The molecule has 6 heterocycles. The lowest BCUT2D eigenvalue weighted by Crippen LogP contribution is -2.09. The van der Waals surface area contributed by atoms with Gasteiger partial charge in [0.2, 0.25) is 0 Å². The summed E-state index contributed by atoms with van der Waals surface area (Å²) in [5, 5.41) is 0. The van der Waals surface area contributed by atoms with Gasteiger partial charge in [0.1, 0.15) is 128 Å². The highest BCUT2D eigenvalue weighted by molar-refractivity contribution is 5.92. The molecule has 12 rings (SSSR count). The molecule has 0 bridgehead atoms. The van der Waals surface area contributed by atoms with Crippen LogP contribution in [0.5, 0.6) is 51.7 Å². The van der Waals surface area contributed by atoms with Crippen LogP contribution in [0.1, 0.15) is 31.1 Å². The minimum Gasteiger partial charge on any atom is -0.491 e. The zero-order chi connectivity index (χ0) is 51.2. The Bertz CT molecular complexity index is 2460. The van der Waals surface area contributed by atoms with Gasteiger partial charge in [-0.3, -0.25) is 0 Å². The minimum absolute atomic E-state index is 0.202. The summed E-state index contributed by atoms with van der Waals surface area (Å²) in [6.07, 6.45) is 1.24. The molecule has 6 unspecified atom stereocenters. The Balaban J connectivity index is 0.000000128. The fourth-order valence-electron chi connectivity index (χ4n) is 6.49. The van der Waals surface area contributed by atoms with Gasteiger partial charge in [0, 0.05) is 0 Å². The van der Waals surface area contributed by atoms with E-state index >= 15 is 0 Å². The third-order valence-corrected chi connectivity index (χ3v) is 11.4. The van der Waals surface area contributed by atoms with Crippen LogP contribution in [0.3, 0.4) is 0 Å². The van der Waals surface area contributed by atoms with E-state index in [1.807, 2.05) is 0 Å². The molecule has 0 spiro atoms. The van der Waals surface area contributed by atoms with Crippen LogP contribution in [-0.2, 0) is 28.4 Å². The molecule has 6 aromatic carbocycles. The Kier molecular flexibility index (Phi) is 16.9. The quantitative estimate of drug-likeness (QED) is 0.0329. The summed E-state index contributed by atoms with van der Waals surface area (Å²) in [5.41, 5.74) is 1.38. The largest absolute Gasteiger partial charge is 0.491 e. The van der Waals surface area contributed by atoms with Gasteiger partial charge in [0.05, 0.1) is 56.3 Å². The van der Waals surface area contributed by atoms with Crippen molar-refractivity contribution in [3.8, 4) is 51.7 Å². The predicted molar refractivity (Wildman–Crippen MR) is 265 cm³/mol. The highest BCUT2D eigenvalue weighted by Gasteiger charge is 2.27. The van der Waals surface area contributed by atoms with Crippen LogP contribution in [0.15, 0.2) is 146 Å². The Labute approximate surface area is 432 Å². The number of hydrogen-bond donors (Lipinski definition) is 0. The second-order valence-electron chi connectivity index (χ2n) is 17.8. The summed E-state index contributed by atoms with van der Waals surface area (Å²) in [6, 6.07) is 41.4. The van der Waals surface area contributed by atoms with E-state index in [1.165, 1.54) is 0 Å². The Morgan fingerprint density at radius 3 is 0.573 bits per heavy atom. The van der Waals surface area contributed by atoms with Gasteiger partial charge < -0.3 is 71.1 Å². The molecule has 0 saturated carbocycles. The number of hydrogen-bond acceptors (Lipinski definition) is 18. The Hall–Kier alpha value is -7.71. The summed E-state index contributed by atoms with van der Waals surface area (Å²) < 4.78 is 79.8. The Morgan fingerprint density at radius 2 is 0.413 bits per heavy atom. The first-order valence-electron chi connectivity index (χ1n) is 24.5. The number of carbonyl (C=O) groups is 3. The number of benzene rings is 6. The molecule has 0 radical (unpaired) electrons. The number of carbonyl (C=O) groups excluding carboxylic acids is 3. The average molecular weight is 1030 g/mol. The van der Waals surface area contributed by atoms with E-state index in [4.69, 9.17) is 71.1 Å². The molecule has 6 aliphatic rings. The first-order valence-corrected chi connectivity index (χ1v) is 24.5. The summed E-state index contributed by atoms with van der Waals surface area (Å²) in [6.45, 7) is 7.76. The minimum atomic E-state index is -0.419. The van der Waals surface area contributed by atoms with Crippen LogP contribution in [-0.4, -0.2) is 134 Å². The topological polar surface area (TPSA) is 209 Å². The zero-order valence-corrected chi connectivity index (χ0v) is 40.7. The van der Waals surface area contributed by atoms with Gasteiger partial charge in [-0.05, 0) is 146 Å². The fourth-order valence-corrected chi connectivity index (χ4v) is 6.49. The number of rotatable bonds is 24. The maximum atomic E-state index is 12.2. The van der Waals surface area contributed by atoms with Crippen molar-refractivity contribution in [3.63, 3.8) is 0 Å². The highest BCUT2D eigenvalue weighted by atomic mass is 16.6. The summed E-state index contributed by atoms with van der Waals surface area (Å²) in [5.74, 6) is 4.40. The molecular weight excluding hydrogens is 973 g/mol. The molecule has 0 amide bonds. The molecule has 6 saturated heterocycles. The first kappa shape index (κ1) is 50.8. The van der Waals surface area contributed by atoms with E-state index in [-0.39, 0.29) is 36.6 Å². The van der Waals surface area contributed by atoms with Gasteiger partial charge in [-0.2, -0.15) is 0 Å². The van der Waals surface area contributed by atoms with Crippen molar-refractivity contribution in [1.29, 1.82) is 0 Å². The van der Waals surface area contributed by atoms with Gasteiger partial charge in [0.15, 0.2) is 0 Å². The normalized spacial score (nSPS) is 20.6. The molecule has 18 nitrogen and oxygen atoms in total. The van der Waals surface area contributed by atoms with Gasteiger partial charge in [0.25, 0.3) is 0 Å². The molecule has 18 heteroatoms. The predicted octanol–water partition coefficient (Wildman–Crippen LogP) is 7.38. The monoisotopic (exact) mass is 1030 g/mol. The average Bonchev–Trinajstić information content (AvgIpc) is 4.22. The van der Waals surface area contributed by atoms with Crippen LogP contribution < -0.4 is 42.6 Å². The molecular formula is C57H54O18.